The Kier molecular flexibility index (Phi) is 51.8. The average Bonchev–Trinajstić information content (AvgIpc) is 3.38. The van der Waals surface area contributed by atoms with Gasteiger partial charge >= 0.3 is 11.9 Å². The lowest BCUT2D eigenvalue weighted by atomic mass is 10.1. The first-order chi connectivity index (χ1) is 36.6. The monoisotopic (exact) mass is 1040 g/mol. The molecule has 0 aliphatic carbocycles. The Bertz CT molecular complexity index is 1730. The second-order valence-electron chi connectivity index (χ2n) is 19.8. The first kappa shape index (κ1) is 70.2. The highest BCUT2D eigenvalue weighted by Crippen LogP contribution is 2.13. The predicted molar refractivity (Wildman–Crippen MR) is 315 cm³/mol. The minimum atomic E-state index is -1.64. The Balaban J connectivity index is 4.35. The molecule has 422 valence electrons. The van der Waals surface area contributed by atoms with Crippen molar-refractivity contribution in [2.75, 3.05) is 47.5 Å². The van der Waals surface area contributed by atoms with Gasteiger partial charge in [0.05, 0.1) is 40.3 Å². The standard InChI is InChI=1S/C66H105NO8/c1-6-8-10-12-14-16-18-20-22-24-26-27-28-29-30-31-32-33-34-35-36-37-39-41-43-45-47-49-51-53-55-57-64(69)75-62(61-74-66(65(70)71)72-59-58-67(3,4)5)60-73-63(68)56-54-52-50-48-46-44-42-40-38-25-23-21-19-17-15-13-11-9-7-2/h8-11,14-17,20-23,26-27,29-30,32-33,35-36,38-41,62,66H,6-7,12-13,18-19,24-25,28,31,34,37,42-61H2,1-5H3/b10-8-,11-9-,16-14-,17-15-,22-20-,23-21-,27-26-,30-29-,33-32-,36-35-,40-38-,41-39-. The molecular weight excluding hydrogens is 935 g/mol. The molecule has 9 heteroatoms. The van der Waals surface area contributed by atoms with E-state index >= 15 is 0 Å². The van der Waals surface area contributed by atoms with Crippen LogP contribution in [0.25, 0.3) is 0 Å². The molecule has 0 aromatic carbocycles. The number of likely N-dealkylation sites (N-methyl/N-ethyl adjacent to an activating group) is 1. The highest BCUT2D eigenvalue weighted by atomic mass is 16.7. The molecule has 0 aliphatic heterocycles. The van der Waals surface area contributed by atoms with Crippen LogP contribution in [-0.2, 0) is 33.3 Å². The molecule has 0 amide bonds. The van der Waals surface area contributed by atoms with E-state index in [-0.39, 0.29) is 38.6 Å². The maximum absolute atomic E-state index is 12.9. The van der Waals surface area contributed by atoms with E-state index < -0.39 is 24.3 Å². The molecule has 0 bridgehead atoms. The summed E-state index contributed by atoms with van der Waals surface area (Å²) in [5.74, 6) is -2.34. The van der Waals surface area contributed by atoms with Crippen molar-refractivity contribution in [3.05, 3.63) is 146 Å². The van der Waals surface area contributed by atoms with Crippen LogP contribution in [-0.4, -0.2) is 82.3 Å². The van der Waals surface area contributed by atoms with Crippen LogP contribution in [0.4, 0.5) is 0 Å². The fourth-order valence-electron chi connectivity index (χ4n) is 7.19. The summed E-state index contributed by atoms with van der Waals surface area (Å²) in [5, 5.41) is 11.8. The normalized spacial score (nSPS) is 13.9. The number of carboxylic acid groups (broad SMARTS) is 1. The summed E-state index contributed by atoms with van der Waals surface area (Å²) in [6.45, 7) is 4.46. The van der Waals surface area contributed by atoms with Gasteiger partial charge in [-0.15, -0.1) is 0 Å². The van der Waals surface area contributed by atoms with Crippen LogP contribution in [0.2, 0.25) is 0 Å². The summed E-state index contributed by atoms with van der Waals surface area (Å²) in [7, 11) is 5.90. The average molecular weight is 1040 g/mol. The molecule has 0 radical (unpaired) electrons. The zero-order valence-corrected chi connectivity index (χ0v) is 47.9. The molecule has 0 N–H and O–H groups in total. The van der Waals surface area contributed by atoms with E-state index in [0.29, 0.717) is 23.9 Å². The third kappa shape index (κ3) is 56.7. The topological polar surface area (TPSA) is 111 Å². The summed E-state index contributed by atoms with van der Waals surface area (Å²) in [5.41, 5.74) is 0. The summed E-state index contributed by atoms with van der Waals surface area (Å²) < 4.78 is 22.6. The number of hydrogen-bond acceptors (Lipinski definition) is 8. The number of quaternary nitrogens is 1. The summed E-state index contributed by atoms with van der Waals surface area (Å²) in [6.07, 6.45) is 77.4. The lowest BCUT2D eigenvalue weighted by Gasteiger charge is -2.26. The number of esters is 2. The molecular formula is C66H105NO8. The smallest absolute Gasteiger partial charge is 0.306 e. The number of carbonyl (C=O) groups is 3. The Morgan fingerprint density at radius 3 is 1.07 bits per heavy atom. The number of carbonyl (C=O) groups excluding carboxylic acids is 3. The van der Waals surface area contributed by atoms with Crippen molar-refractivity contribution in [1.82, 2.24) is 0 Å². The van der Waals surface area contributed by atoms with Crippen LogP contribution in [0.1, 0.15) is 194 Å². The van der Waals surface area contributed by atoms with E-state index in [9.17, 15) is 19.5 Å². The Hall–Kier alpha value is -4.83. The number of unbranched alkanes of at least 4 members (excludes halogenated alkanes) is 12. The number of hydrogen-bond donors (Lipinski definition) is 0. The molecule has 0 aliphatic rings. The summed E-state index contributed by atoms with van der Waals surface area (Å²) in [6, 6.07) is 0. The molecule has 0 aromatic rings. The Morgan fingerprint density at radius 2 is 0.720 bits per heavy atom. The second kappa shape index (κ2) is 55.4. The SMILES string of the molecule is CC/C=C\C/C=C\C/C=C\C/C=C\C/C=C\C/C=C\C/C=C\C/C=C\CCCCCCCCC(=O)OC(COC(=O)CCCCCCCC/C=C\C/C=C\C/C=C\C/C=C\CC)COC(OCC[N+](C)(C)C)C(=O)[O-]. The minimum Gasteiger partial charge on any atom is -0.545 e. The predicted octanol–water partition coefficient (Wildman–Crippen LogP) is 15.9. The van der Waals surface area contributed by atoms with Crippen molar-refractivity contribution in [2.45, 2.75) is 206 Å². The quantitative estimate of drug-likeness (QED) is 0.0195. The van der Waals surface area contributed by atoms with E-state index in [1.807, 2.05) is 21.1 Å². The first-order valence-corrected chi connectivity index (χ1v) is 29.0. The largest absolute Gasteiger partial charge is 0.545 e. The number of ether oxygens (including phenoxy) is 4. The molecule has 2 atom stereocenters. The highest BCUT2D eigenvalue weighted by molar-refractivity contribution is 5.70. The van der Waals surface area contributed by atoms with Crippen LogP contribution in [0.15, 0.2) is 146 Å². The van der Waals surface area contributed by atoms with Gasteiger partial charge in [0, 0.05) is 12.8 Å². The van der Waals surface area contributed by atoms with Crippen molar-refractivity contribution in [3.8, 4) is 0 Å². The number of rotatable bonds is 51. The van der Waals surface area contributed by atoms with Gasteiger partial charge in [-0.25, -0.2) is 0 Å². The summed E-state index contributed by atoms with van der Waals surface area (Å²) >= 11 is 0. The van der Waals surface area contributed by atoms with Crippen molar-refractivity contribution in [3.63, 3.8) is 0 Å². The van der Waals surface area contributed by atoms with Crippen molar-refractivity contribution >= 4 is 17.9 Å². The van der Waals surface area contributed by atoms with Gasteiger partial charge in [-0.05, 0) is 116 Å². The van der Waals surface area contributed by atoms with E-state index in [4.69, 9.17) is 18.9 Å². The van der Waals surface area contributed by atoms with Crippen molar-refractivity contribution in [2.24, 2.45) is 0 Å². The van der Waals surface area contributed by atoms with Gasteiger partial charge in [-0.2, -0.15) is 0 Å². The van der Waals surface area contributed by atoms with Gasteiger partial charge in [-0.1, -0.05) is 211 Å². The van der Waals surface area contributed by atoms with Gasteiger partial charge < -0.3 is 33.3 Å². The van der Waals surface area contributed by atoms with E-state index in [1.54, 1.807) is 0 Å². The maximum atomic E-state index is 12.9. The number of carboxylic acids is 1. The van der Waals surface area contributed by atoms with Gasteiger partial charge in [0.1, 0.15) is 13.2 Å². The molecule has 0 spiro atoms. The molecule has 75 heavy (non-hydrogen) atoms. The van der Waals surface area contributed by atoms with E-state index in [2.05, 4.69) is 160 Å². The Labute approximate surface area is 458 Å². The van der Waals surface area contributed by atoms with Crippen LogP contribution in [0, 0.1) is 0 Å². The fraction of sp³-hybridized carbons (Fsp3) is 0.591. The molecule has 0 fully saturated rings. The lowest BCUT2D eigenvalue weighted by molar-refractivity contribution is -0.870. The fourth-order valence-corrected chi connectivity index (χ4v) is 7.19. The highest BCUT2D eigenvalue weighted by Gasteiger charge is 2.22. The molecule has 9 nitrogen and oxygen atoms in total. The molecule has 0 saturated carbocycles. The second-order valence-corrected chi connectivity index (χ2v) is 19.8. The zero-order valence-electron chi connectivity index (χ0n) is 47.9. The molecule has 2 unspecified atom stereocenters. The van der Waals surface area contributed by atoms with Crippen molar-refractivity contribution in [1.29, 1.82) is 0 Å². The van der Waals surface area contributed by atoms with Gasteiger partial charge in [0.25, 0.3) is 0 Å². The number of allylic oxidation sites excluding steroid dienone is 24. The number of aliphatic carboxylic acids is 1. The first-order valence-electron chi connectivity index (χ1n) is 29.0. The van der Waals surface area contributed by atoms with Crippen LogP contribution in [0.3, 0.4) is 0 Å². The van der Waals surface area contributed by atoms with Gasteiger partial charge in [0.15, 0.2) is 12.4 Å². The third-order valence-electron chi connectivity index (χ3n) is 11.6. The van der Waals surface area contributed by atoms with Crippen LogP contribution in [0.5, 0.6) is 0 Å². The zero-order chi connectivity index (χ0) is 54.8. The van der Waals surface area contributed by atoms with Crippen LogP contribution >= 0.6 is 0 Å². The molecule has 0 aromatic heterocycles. The molecule has 0 heterocycles. The van der Waals surface area contributed by atoms with Crippen LogP contribution < -0.4 is 5.11 Å². The molecule has 0 rings (SSSR count). The third-order valence-corrected chi connectivity index (χ3v) is 11.6. The van der Waals surface area contributed by atoms with E-state index in [1.165, 1.54) is 0 Å². The van der Waals surface area contributed by atoms with Crippen molar-refractivity contribution < 1.29 is 42.9 Å². The Morgan fingerprint density at radius 1 is 0.400 bits per heavy atom. The lowest BCUT2D eigenvalue weighted by Crippen LogP contribution is -2.44. The van der Waals surface area contributed by atoms with Gasteiger partial charge in [0.2, 0.25) is 0 Å². The maximum Gasteiger partial charge on any atom is 0.306 e. The number of nitrogens with zero attached hydrogens (tertiary/aromatic N) is 1. The van der Waals surface area contributed by atoms with Gasteiger partial charge in [-0.3, -0.25) is 9.59 Å². The minimum absolute atomic E-state index is 0.133. The van der Waals surface area contributed by atoms with E-state index in [0.717, 1.165) is 154 Å². The molecule has 0 saturated heterocycles. The summed E-state index contributed by atoms with van der Waals surface area (Å²) in [4.78, 5) is 37.3.